The zero-order valence-electron chi connectivity index (χ0n) is 8.86. The highest BCUT2D eigenvalue weighted by Gasteiger charge is 2.42. The van der Waals surface area contributed by atoms with Crippen LogP contribution in [0.15, 0.2) is 30.3 Å². The van der Waals surface area contributed by atoms with E-state index in [1.165, 1.54) is 5.48 Å². The topological polar surface area (TPSA) is 64.6 Å². The molecule has 1 rings (SSSR count). The zero-order chi connectivity index (χ0) is 13.6. The van der Waals surface area contributed by atoms with Crippen molar-refractivity contribution in [2.45, 2.75) is 12.8 Å². The standard InChI is InChI=1S/C10H8F3NO4/c11-10(12,13)8(15)18-14-9(16)17-6-7-4-2-1-3-5-7/h1-5H,6H2,(H,14,16). The van der Waals surface area contributed by atoms with Crippen molar-refractivity contribution in [1.82, 2.24) is 5.48 Å². The maximum absolute atomic E-state index is 11.7. The van der Waals surface area contributed by atoms with Gasteiger partial charge in [0.1, 0.15) is 6.61 Å². The molecule has 0 bridgehead atoms. The quantitative estimate of drug-likeness (QED) is 0.828. The Morgan fingerprint density at radius 1 is 1.17 bits per heavy atom. The molecule has 5 nitrogen and oxygen atoms in total. The average molecular weight is 263 g/mol. The number of carbonyl (C=O) groups excluding carboxylic acids is 2. The first-order chi connectivity index (χ1) is 8.39. The average Bonchev–Trinajstić information content (AvgIpc) is 2.33. The van der Waals surface area contributed by atoms with Crippen LogP contribution in [0.2, 0.25) is 0 Å². The van der Waals surface area contributed by atoms with Crippen molar-refractivity contribution < 1.29 is 32.3 Å². The molecule has 0 saturated heterocycles. The first kappa shape index (κ1) is 13.8. The van der Waals surface area contributed by atoms with E-state index >= 15 is 0 Å². The molecule has 1 amide bonds. The van der Waals surface area contributed by atoms with Crippen LogP contribution >= 0.6 is 0 Å². The molecule has 18 heavy (non-hydrogen) atoms. The molecular weight excluding hydrogens is 255 g/mol. The van der Waals surface area contributed by atoms with E-state index in [0.29, 0.717) is 5.56 Å². The van der Waals surface area contributed by atoms with Gasteiger partial charge in [0.25, 0.3) is 0 Å². The summed E-state index contributed by atoms with van der Waals surface area (Å²) in [6.07, 6.45) is -6.47. The van der Waals surface area contributed by atoms with Gasteiger partial charge in [-0.05, 0) is 5.56 Å². The number of halogens is 3. The van der Waals surface area contributed by atoms with E-state index in [1.807, 2.05) is 0 Å². The van der Waals surface area contributed by atoms with Gasteiger partial charge in [-0.1, -0.05) is 30.3 Å². The zero-order valence-corrected chi connectivity index (χ0v) is 8.86. The molecule has 0 heterocycles. The molecule has 0 aliphatic heterocycles. The number of nitrogens with one attached hydrogen (secondary N) is 1. The number of alkyl halides is 3. The molecule has 1 aromatic carbocycles. The van der Waals surface area contributed by atoms with Gasteiger partial charge in [-0.25, -0.2) is 9.59 Å². The summed E-state index contributed by atoms with van der Waals surface area (Å²) < 4.78 is 39.5. The van der Waals surface area contributed by atoms with Gasteiger partial charge >= 0.3 is 18.2 Å². The number of hydrogen-bond acceptors (Lipinski definition) is 4. The van der Waals surface area contributed by atoms with E-state index in [9.17, 15) is 22.8 Å². The van der Waals surface area contributed by atoms with Crippen LogP contribution in [-0.4, -0.2) is 18.2 Å². The van der Waals surface area contributed by atoms with Gasteiger partial charge < -0.3 is 9.57 Å². The second-order valence-electron chi connectivity index (χ2n) is 3.05. The van der Waals surface area contributed by atoms with Crippen molar-refractivity contribution >= 4 is 12.1 Å². The van der Waals surface area contributed by atoms with E-state index in [1.54, 1.807) is 30.3 Å². The Morgan fingerprint density at radius 3 is 2.33 bits per heavy atom. The number of ether oxygens (including phenoxy) is 1. The Kier molecular flexibility index (Phi) is 4.52. The van der Waals surface area contributed by atoms with Crippen molar-refractivity contribution in [3.63, 3.8) is 0 Å². The Hall–Kier alpha value is -2.25. The van der Waals surface area contributed by atoms with Crippen molar-refractivity contribution in [2.75, 3.05) is 0 Å². The minimum atomic E-state index is -5.17. The van der Waals surface area contributed by atoms with Crippen molar-refractivity contribution in [2.24, 2.45) is 0 Å². The summed E-state index contributed by atoms with van der Waals surface area (Å²) in [6, 6.07) is 8.43. The highest BCUT2D eigenvalue weighted by Crippen LogP contribution is 2.15. The summed E-state index contributed by atoms with van der Waals surface area (Å²) in [6.45, 7) is -0.157. The van der Waals surface area contributed by atoms with E-state index in [-0.39, 0.29) is 6.61 Å². The van der Waals surface area contributed by atoms with Crippen LogP contribution in [0.5, 0.6) is 0 Å². The second-order valence-corrected chi connectivity index (χ2v) is 3.05. The highest BCUT2D eigenvalue weighted by molar-refractivity contribution is 5.77. The fourth-order valence-corrected chi connectivity index (χ4v) is 0.898. The molecule has 1 aromatic rings. The molecule has 0 atom stereocenters. The lowest BCUT2D eigenvalue weighted by Crippen LogP contribution is -2.34. The Bertz CT molecular complexity index is 419. The molecule has 1 N–H and O–H groups in total. The predicted octanol–water partition coefficient (Wildman–Crippen LogP) is 1.93. The summed E-state index contributed by atoms with van der Waals surface area (Å²) >= 11 is 0. The number of rotatable bonds is 2. The van der Waals surface area contributed by atoms with Crippen LogP contribution in [0.1, 0.15) is 5.56 Å². The summed E-state index contributed by atoms with van der Waals surface area (Å²) in [5.41, 5.74) is 1.86. The first-order valence-corrected chi connectivity index (χ1v) is 4.64. The lowest BCUT2D eigenvalue weighted by atomic mass is 10.2. The molecule has 0 saturated carbocycles. The van der Waals surface area contributed by atoms with Crippen LogP contribution in [0.3, 0.4) is 0 Å². The number of benzene rings is 1. The number of amides is 1. The third-order valence-electron chi connectivity index (χ3n) is 1.67. The fourth-order valence-electron chi connectivity index (χ4n) is 0.898. The van der Waals surface area contributed by atoms with Gasteiger partial charge in [-0.3, -0.25) is 0 Å². The van der Waals surface area contributed by atoms with E-state index in [2.05, 4.69) is 9.57 Å². The first-order valence-electron chi connectivity index (χ1n) is 4.64. The summed E-state index contributed by atoms with van der Waals surface area (Å²) in [5, 5.41) is 0. The molecule has 0 aliphatic rings. The molecule has 8 heteroatoms. The van der Waals surface area contributed by atoms with Crippen LogP contribution < -0.4 is 5.48 Å². The van der Waals surface area contributed by atoms with Gasteiger partial charge in [-0.2, -0.15) is 13.2 Å². The lowest BCUT2D eigenvalue weighted by Gasteiger charge is -2.08. The molecule has 98 valence electrons. The van der Waals surface area contributed by atoms with Crippen molar-refractivity contribution in [1.29, 1.82) is 0 Å². The normalized spacial score (nSPS) is 10.6. The van der Waals surface area contributed by atoms with Crippen LogP contribution in [0.25, 0.3) is 0 Å². The smallest absolute Gasteiger partial charge is 0.443 e. The summed E-state index contributed by atoms with van der Waals surface area (Å²) in [7, 11) is 0. The number of carbonyl (C=O) groups is 2. The van der Waals surface area contributed by atoms with Gasteiger partial charge in [0.15, 0.2) is 0 Å². The molecule has 0 aliphatic carbocycles. The van der Waals surface area contributed by atoms with Gasteiger partial charge in [0.05, 0.1) is 0 Å². The fraction of sp³-hybridized carbons (Fsp3) is 0.200. The molecule has 0 fully saturated rings. The van der Waals surface area contributed by atoms with Crippen molar-refractivity contribution in [3.8, 4) is 0 Å². The number of hydrogen-bond donors (Lipinski definition) is 1. The minimum absolute atomic E-state index is 0.157. The third-order valence-corrected chi connectivity index (χ3v) is 1.67. The van der Waals surface area contributed by atoms with Crippen LogP contribution in [0, 0.1) is 0 Å². The predicted molar refractivity (Wildman–Crippen MR) is 51.9 cm³/mol. The molecule has 0 aromatic heterocycles. The van der Waals surface area contributed by atoms with Crippen LogP contribution in [-0.2, 0) is 21.0 Å². The minimum Gasteiger partial charge on any atom is -0.443 e. The Morgan fingerprint density at radius 2 is 1.78 bits per heavy atom. The number of hydroxylamine groups is 1. The summed E-state index contributed by atoms with van der Waals surface area (Å²) in [5.74, 6) is -2.53. The lowest BCUT2D eigenvalue weighted by molar-refractivity contribution is -0.205. The molecule has 0 spiro atoms. The van der Waals surface area contributed by atoms with Gasteiger partial charge in [0, 0.05) is 0 Å². The van der Waals surface area contributed by atoms with Gasteiger partial charge in [-0.15, -0.1) is 5.48 Å². The van der Waals surface area contributed by atoms with E-state index < -0.39 is 18.2 Å². The Balaban J connectivity index is 2.29. The Labute approximate surface area is 99.4 Å². The van der Waals surface area contributed by atoms with Crippen LogP contribution in [0.4, 0.5) is 18.0 Å². The molecule has 0 radical (unpaired) electrons. The second kappa shape index (κ2) is 5.89. The summed E-state index contributed by atoms with van der Waals surface area (Å²) in [4.78, 5) is 24.6. The third kappa shape index (κ3) is 4.73. The monoisotopic (exact) mass is 263 g/mol. The van der Waals surface area contributed by atoms with E-state index in [4.69, 9.17) is 0 Å². The van der Waals surface area contributed by atoms with Gasteiger partial charge in [0.2, 0.25) is 0 Å². The van der Waals surface area contributed by atoms with Crippen molar-refractivity contribution in [3.05, 3.63) is 35.9 Å². The SMILES string of the molecule is O=C(NOC(=O)C(F)(F)F)OCc1ccccc1. The maximum atomic E-state index is 11.7. The van der Waals surface area contributed by atoms with E-state index in [0.717, 1.165) is 0 Å². The molecular formula is C10H8F3NO4. The highest BCUT2D eigenvalue weighted by atomic mass is 19.4. The molecule has 0 unspecified atom stereocenters. The largest absolute Gasteiger partial charge is 0.493 e. The maximum Gasteiger partial charge on any atom is 0.493 e.